The Balaban J connectivity index is 1.88. The first-order valence-electron chi connectivity index (χ1n) is 7.56. The van der Waals surface area contributed by atoms with Crippen LogP contribution in [0.3, 0.4) is 0 Å². The molecule has 2 N–H and O–H groups in total. The summed E-state index contributed by atoms with van der Waals surface area (Å²) < 4.78 is 5.59. The van der Waals surface area contributed by atoms with Gasteiger partial charge in [-0.25, -0.2) is 4.98 Å². The monoisotopic (exact) mass is 328 g/mol. The average molecular weight is 328 g/mol. The van der Waals surface area contributed by atoms with Crippen molar-refractivity contribution >= 4 is 11.8 Å². The van der Waals surface area contributed by atoms with Gasteiger partial charge >= 0.3 is 0 Å². The molecule has 0 fully saturated rings. The van der Waals surface area contributed by atoms with Gasteiger partial charge in [-0.1, -0.05) is 26.0 Å². The molecule has 2 amide bonds. The highest BCUT2D eigenvalue weighted by Gasteiger charge is 2.12. The van der Waals surface area contributed by atoms with Crippen LogP contribution in [0.25, 0.3) is 0 Å². The van der Waals surface area contributed by atoms with E-state index in [4.69, 9.17) is 4.74 Å². The second-order valence-corrected chi connectivity index (χ2v) is 5.58. The number of hydrazine groups is 1. The number of nitrogens with one attached hydrogen (secondary N) is 2. The number of nitrogens with zero attached hydrogens (tertiary/aromatic N) is 2. The molecule has 1 aromatic carbocycles. The van der Waals surface area contributed by atoms with Gasteiger partial charge in [0.05, 0.1) is 6.20 Å². The smallest absolute Gasteiger partial charge is 0.289 e. The lowest BCUT2D eigenvalue weighted by Gasteiger charge is -2.15. The molecule has 2 aromatic rings. The number of hydrogen-bond acceptors (Lipinski definition) is 5. The van der Waals surface area contributed by atoms with Crippen molar-refractivity contribution in [3.8, 4) is 5.75 Å². The van der Waals surface area contributed by atoms with Crippen LogP contribution in [0.15, 0.2) is 36.8 Å². The third-order valence-electron chi connectivity index (χ3n) is 3.26. The van der Waals surface area contributed by atoms with E-state index in [1.165, 1.54) is 18.6 Å². The molecule has 0 aliphatic rings. The van der Waals surface area contributed by atoms with E-state index in [0.29, 0.717) is 5.75 Å². The standard InChI is InChI=1S/C17H20N4O3/c1-11(2)13-5-4-12(3)8-15(13)24-10-16(22)20-21-17(23)14-9-18-6-7-19-14/h4-9,11H,10H2,1-3H3,(H,20,22)(H,21,23). The first-order chi connectivity index (χ1) is 11.5. The van der Waals surface area contributed by atoms with Crippen molar-refractivity contribution in [1.29, 1.82) is 0 Å². The summed E-state index contributed by atoms with van der Waals surface area (Å²) in [6.07, 6.45) is 4.15. The molecular formula is C17H20N4O3. The predicted molar refractivity (Wildman–Crippen MR) is 88.4 cm³/mol. The zero-order valence-electron chi connectivity index (χ0n) is 13.9. The molecule has 126 valence electrons. The Kier molecular flexibility index (Phi) is 5.83. The summed E-state index contributed by atoms with van der Waals surface area (Å²) in [5.41, 5.74) is 6.73. The van der Waals surface area contributed by atoms with Crippen molar-refractivity contribution in [1.82, 2.24) is 20.8 Å². The van der Waals surface area contributed by atoms with Gasteiger partial charge in [0.1, 0.15) is 11.4 Å². The van der Waals surface area contributed by atoms with Crippen LogP contribution in [-0.2, 0) is 4.79 Å². The number of carbonyl (C=O) groups excluding carboxylic acids is 2. The summed E-state index contributed by atoms with van der Waals surface area (Å²) in [4.78, 5) is 31.2. The van der Waals surface area contributed by atoms with Gasteiger partial charge in [-0.15, -0.1) is 0 Å². The minimum absolute atomic E-state index is 0.111. The minimum atomic E-state index is -0.546. The molecular weight excluding hydrogens is 308 g/mol. The highest BCUT2D eigenvalue weighted by atomic mass is 16.5. The Hall–Kier alpha value is -2.96. The maximum atomic E-state index is 11.8. The summed E-state index contributed by atoms with van der Waals surface area (Å²) in [5, 5.41) is 0. The largest absolute Gasteiger partial charge is 0.483 e. The molecule has 0 saturated carbocycles. The summed E-state index contributed by atoms with van der Waals surface area (Å²) >= 11 is 0. The third-order valence-corrected chi connectivity index (χ3v) is 3.26. The molecule has 0 bridgehead atoms. The van der Waals surface area contributed by atoms with Crippen LogP contribution < -0.4 is 15.6 Å². The Morgan fingerprint density at radius 2 is 2.00 bits per heavy atom. The van der Waals surface area contributed by atoms with Crippen LogP contribution in [0.4, 0.5) is 0 Å². The van der Waals surface area contributed by atoms with Crippen LogP contribution in [0, 0.1) is 6.92 Å². The number of carbonyl (C=O) groups is 2. The van der Waals surface area contributed by atoms with Crippen LogP contribution in [-0.4, -0.2) is 28.4 Å². The molecule has 0 aliphatic carbocycles. The maximum Gasteiger partial charge on any atom is 0.289 e. The Morgan fingerprint density at radius 3 is 2.67 bits per heavy atom. The van der Waals surface area contributed by atoms with E-state index in [0.717, 1.165) is 11.1 Å². The molecule has 1 aromatic heterocycles. The van der Waals surface area contributed by atoms with Gasteiger partial charge in [0.15, 0.2) is 6.61 Å². The van der Waals surface area contributed by atoms with E-state index in [1.807, 2.05) is 25.1 Å². The number of hydrogen-bond donors (Lipinski definition) is 2. The van der Waals surface area contributed by atoms with Crippen molar-refractivity contribution in [2.45, 2.75) is 26.7 Å². The van der Waals surface area contributed by atoms with Crippen LogP contribution in [0.1, 0.15) is 41.4 Å². The Labute approximate surface area is 140 Å². The molecule has 0 saturated heterocycles. The van der Waals surface area contributed by atoms with E-state index >= 15 is 0 Å². The van der Waals surface area contributed by atoms with E-state index < -0.39 is 11.8 Å². The first kappa shape index (κ1) is 17.4. The Bertz CT molecular complexity index is 717. The Morgan fingerprint density at radius 1 is 1.21 bits per heavy atom. The maximum absolute atomic E-state index is 11.8. The molecule has 0 spiro atoms. The van der Waals surface area contributed by atoms with Crippen molar-refractivity contribution < 1.29 is 14.3 Å². The molecule has 1 heterocycles. The highest BCUT2D eigenvalue weighted by molar-refractivity contribution is 5.93. The summed E-state index contributed by atoms with van der Waals surface area (Å²) in [6.45, 7) is 5.86. The van der Waals surface area contributed by atoms with Gasteiger partial charge in [-0.05, 0) is 30.0 Å². The zero-order valence-corrected chi connectivity index (χ0v) is 13.9. The van der Waals surface area contributed by atoms with Crippen LogP contribution in [0.2, 0.25) is 0 Å². The summed E-state index contributed by atoms with van der Waals surface area (Å²) in [6, 6.07) is 5.88. The highest BCUT2D eigenvalue weighted by Crippen LogP contribution is 2.27. The van der Waals surface area contributed by atoms with E-state index in [2.05, 4.69) is 34.7 Å². The fourth-order valence-electron chi connectivity index (χ4n) is 2.03. The second-order valence-electron chi connectivity index (χ2n) is 5.58. The zero-order chi connectivity index (χ0) is 17.5. The predicted octanol–water partition coefficient (Wildman–Crippen LogP) is 1.75. The van der Waals surface area contributed by atoms with Crippen molar-refractivity contribution in [2.75, 3.05) is 6.61 Å². The lowest BCUT2D eigenvalue weighted by molar-refractivity contribution is -0.123. The fourth-order valence-corrected chi connectivity index (χ4v) is 2.03. The second kappa shape index (κ2) is 8.05. The lowest BCUT2D eigenvalue weighted by Crippen LogP contribution is -2.44. The molecule has 2 rings (SSSR count). The van der Waals surface area contributed by atoms with Crippen molar-refractivity contribution in [2.24, 2.45) is 0 Å². The van der Waals surface area contributed by atoms with E-state index in [-0.39, 0.29) is 18.2 Å². The van der Waals surface area contributed by atoms with Crippen molar-refractivity contribution in [3.05, 3.63) is 53.6 Å². The SMILES string of the molecule is Cc1ccc(C(C)C)c(OCC(=O)NNC(=O)c2cnccn2)c1. The lowest BCUT2D eigenvalue weighted by atomic mass is 10.0. The first-order valence-corrected chi connectivity index (χ1v) is 7.56. The molecule has 7 heteroatoms. The summed E-state index contributed by atoms with van der Waals surface area (Å²) in [7, 11) is 0. The number of ether oxygens (including phenoxy) is 1. The number of amides is 2. The molecule has 0 radical (unpaired) electrons. The molecule has 0 unspecified atom stereocenters. The topological polar surface area (TPSA) is 93.2 Å². The molecule has 0 atom stereocenters. The fraction of sp³-hybridized carbons (Fsp3) is 0.294. The average Bonchev–Trinajstić information content (AvgIpc) is 2.58. The molecule has 0 aliphatic heterocycles. The normalized spacial score (nSPS) is 10.3. The number of rotatable bonds is 5. The summed E-state index contributed by atoms with van der Waals surface area (Å²) in [5.74, 6) is -0.0706. The van der Waals surface area contributed by atoms with E-state index in [9.17, 15) is 9.59 Å². The van der Waals surface area contributed by atoms with Crippen LogP contribution in [0.5, 0.6) is 5.75 Å². The van der Waals surface area contributed by atoms with Gasteiger partial charge in [-0.3, -0.25) is 25.4 Å². The van der Waals surface area contributed by atoms with Crippen LogP contribution >= 0.6 is 0 Å². The quantitative estimate of drug-likeness (QED) is 0.816. The van der Waals surface area contributed by atoms with Gasteiger partial charge in [0.2, 0.25) is 0 Å². The van der Waals surface area contributed by atoms with Gasteiger partial charge < -0.3 is 4.74 Å². The van der Waals surface area contributed by atoms with E-state index in [1.54, 1.807) is 0 Å². The number of aryl methyl sites for hydroxylation is 1. The van der Waals surface area contributed by atoms with Gasteiger partial charge in [-0.2, -0.15) is 0 Å². The molecule has 7 nitrogen and oxygen atoms in total. The molecule has 24 heavy (non-hydrogen) atoms. The van der Waals surface area contributed by atoms with Gasteiger partial charge in [0.25, 0.3) is 11.8 Å². The third kappa shape index (κ3) is 4.77. The van der Waals surface area contributed by atoms with Gasteiger partial charge in [0, 0.05) is 12.4 Å². The number of benzene rings is 1. The number of aromatic nitrogens is 2. The van der Waals surface area contributed by atoms with Crippen molar-refractivity contribution in [3.63, 3.8) is 0 Å². The minimum Gasteiger partial charge on any atom is -0.483 e.